The zero-order valence-electron chi connectivity index (χ0n) is 8.11. The molecule has 1 nitrogen and oxygen atoms in total. The van der Waals surface area contributed by atoms with Crippen molar-refractivity contribution in [3.05, 3.63) is 43.0 Å². The molecule has 14 heavy (non-hydrogen) atoms. The summed E-state index contributed by atoms with van der Waals surface area (Å²) < 4.78 is 5.47. The van der Waals surface area contributed by atoms with Crippen molar-refractivity contribution >= 4 is 11.8 Å². The molecule has 0 N–H and O–H groups in total. The highest BCUT2D eigenvalue weighted by Gasteiger charge is 2.43. The Balaban J connectivity index is 1.86. The number of ether oxygens (including phenoxy) is 1. The van der Waals surface area contributed by atoms with Gasteiger partial charge in [0, 0.05) is 10.6 Å². The lowest BCUT2D eigenvalue weighted by Gasteiger charge is -2.08. The Hall–Kier alpha value is -0.730. The van der Waals surface area contributed by atoms with Crippen molar-refractivity contribution in [3.8, 4) is 0 Å². The van der Waals surface area contributed by atoms with Crippen LogP contribution in [0.5, 0.6) is 0 Å². The monoisotopic (exact) mass is 206 g/mol. The molecule has 1 atom stereocenters. The molecular weight excluding hydrogens is 192 g/mol. The van der Waals surface area contributed by atoms with E-state index in [0.717, 1.165) is 18.8 Å². The lowest BCUT2D eigenvalue weighted by molar-refractivity contribution is 0.330. The summed E-state index contributed by atoms with van der Waals surface area (Å²) in [5.74, 6) is 1.03. The summed E-state index contributed by atoms with van der Waals surface area (Å²) >= 11 is 1.86. The number of thioether (sulfide) groups is 1. The summed E-state index contributed by atoms with van der Waals surface area (Å²) in [6.45, 7) is 4.64. The van der Waals surface area contributed by atoms with Crippen LogP contribution < -0.4 is 0 Å². The molecule has 1 fully saturated rings. The Kier molecular flexibility index (Phi) is 2.94. The fourth-order valence-electron chi connectivity index (χ4n) is 1.36. The SMILES string of the molecule is C=CC[C@@]1(CSc2ccccc2)CO1. The summed E-state index contributed by atoms with van der Waals surface area (Å²) in [5.41, 5.74) is 0.0995. The maximum absolute atomic E-state index is 5.47. The third-order valence-corrected chi connectivity index (χ3v) is 3.59. The third-order valence-electron chi connectivity index (χ3n) is 2.31. The van der Waals surface area contributed by atoms with E-state index in [1.54, 1.807) is 0 Å². The molecule has 1 heterocycles. The van der Waals surface area contributed by atoms with Gasteiger partial charge in [-0.3, -0.25) is 0 Å². The van der Waals surface area contributed by atoms with Gasteiger partial charge in [0.15, 0.2) is 0 Å². The van der Waals surface area contributed by atoms with Gasteiger partial charge in [0.2, 0.25) is 0 Å². The van der Waals surface area contributed by atoms with Gasteiger partial charge in [-0.25, -0.2) is 0 Å². The quantitative estimate of drug-likeness (QED) is 0.417. The van der Waals surface area contributed by atoms with Gasteiger partial charge in [-0.2, -0.15) is 0 Å². The maximum Gasteiger partial charge on any atom is 0.104 e. The van der Waals surface area contributed by atoms with Crippen LogP contribution in [0.4, 0.5) is 0 Å². The zero-order chi connectivity index (χ0) is 9.86. The lowest BCUT2D eigenvalue weighted by atomic mass is 10.1. The smallest absolute Gasteiger partial charge is 0.104 e. The molecule has 74 valence electrons. The highest BCUT2D eigenvalue weighted by atomic mass is 32.2. The van der Waals surface area contributed by atoms with Crippen molar-refractivity contribution in [3.63, 3.8) is 0 Å². The summed E-state index contributed by atoms with van der Waals surface area (Å²) in [6, 6.07) is 10.4. The first-order chi connectivity index (χ1) is 6.85. The summed E-state index contributed by atoms with van der Waals surface area (Å²) in [6.07, 6.45) is 2.91. The molecule has 0 amide bonds. The molecule has 0 radical (unpaired) electrons. The molecule has 1 aromatic carbocycles. The van der Waals surface area contributed by atoms with E-state index in [1.807, 2.05) is 23.9 Å². The molecular formula is C12H14OS. The zero-order valence-corrected chi connectivity index (χ0v) is 8.93. The highest BCUT2D eigenvalue weighted by Crippen LogP contribution is 2.36. The summed E-state index contributed by atoms with van der Waals surface area (Å²) in [5, 5.41) is 0. The number of hydrogen-bond donors (Lipinski definition) is 0. The molecule has 0 unspecified atom stereocenters. The number of hydrogen-bond acceptors (Lipinski definition) is 2. The number of rotatable bonds is 5. The molecule has 1 aliphatic rings. The van der Waals surface area contributed by atoms with Crippen LogP contribution in [0.2, 0.25) is 0 Å². The van der Waals surface area contributed by atoms with Gasteiger partial charge in [0.1, 0.15) is 5.60 Å². The van der Waals surface area contributed by atoms with E-state index < -0.39 is 0 Å². The van der Waals surface area contributed by atoms with Gasteiger partial charge in [-0.1, -0.05) is 24.3 Å². The third kappa shape index (κ3) is 2.40. The van der Waals surface area contributed by atoms with Crippen molar-refractivity contribution in [1.29, 1.82) is 0 Å². The van der Waals surface area contributed by atoms with Crippen LogP contribution >= 0.6 is 11.8 Å². The van der Waals surface area contributed by atoms with Crippen molar-refractivity contribution in [2.75, 3.05) is 12.4 Å². The van der Waals surface area contributed by atoms with E-state index in [-0.39, 0.29) is 5.60 Å². The van der Waals surface area contributed by atoms with E-state index in [0.29, 0.717) is 0 Å². The van der Waals surface area contributed by atoms with Crippen LogP contribution in [0.3, 0.4) is 0 Å². The Labute approximate surface area is 89.2 Å². The van der Waals surface area contributed by atoms with Crippen LogP contribution in [-0.4, -0.2) is 18.0 Å². The van der Waals surface area contributed by atoms with Gasteiger partial charge < -0.3 is 4.74 Å². The van der Waals surface area contributed by atoms with Crippen LogP contribution in [0.1, 0.15) is 6.42 Å². The average Bonchev–Trinajstić information content (AvgIpc) is 2.98. The van der Waals surface area contributed by atoms with Crippen LogP contribution in [0.15, 0.2) is 47.9 Å². The molecule has 2 rings (SSSR count). The fourth-order valence-corrected chi connectivity index (χ4v) is 2.42. The largest absolute Gasteiger partial charge is 0.368 e. The molecule has 1 saturated heterocycles. The standard InChI is InChI=1S/C12H14OS/c1-2-8-12(9-13-12)10-14-11-6-4-3-5-7-11/h2-7H,1,8-10H2/t12-/m0/s1. The van der Waals surface area contributed by atoms with E-state index in [4.69, 9.17) is 4.74 Å². The topological polar surface area (TPSA) is 12.5 Å². The second-order valence-electron chi connectivity index (χ2n) is 3.57. The van der Waals surface area contributed by atoms with E-state index >= 15 is 0 Å². The molecule has 2 heteroatoms. The molecule has 0 saturated carbocycles. The molecule has 0 bridgehead atoms. The minimum absolute atomic E-state index is 0.0995. The first-order valence-electron chi connectivity index (χ1n) is 4.77. The normalized spacial score (nSPS) is 24.6. The van der Waals surface area contributed by atoms with Gasteiger partial charge in [-0.15, -0.1) is 18.3 Å². The first-order valence-corrected chi connectivity index (χ1v) is 5.76. The maximum atomic E-state index is 5.47. The fraction of sp³-hybridized carbons (Fsp3) is 0.333. The predicted molar refractivity (Wildman–Crippen MR) is 60.7 cm³/mol. The number of benzene rings is 1. The Morgan fingerprint density at radius 3 is 2.71 bits per heavy atom. The second kappa shape index (κ2) is 4.20. The predicted octanol–water partition coefficient (Wildman–Crippen LogP) is 3.12. The van der Waals surface area contributed by atoms with Crippen molar-refractivity contribution in [2.24, 2.45) is 0 Å². The van der Waals surface area contributed by atoms with Gasteiger partial charge in [0.05, 0.1) is 6.61 Å². The van der Waals surface area contributed by atoms with E-state index in [9.17, 15) is 0 Å². The van der Waals surface area contributed by atoms with Crippen molar-refractivity contribution < 1.29 is 4.74 Å². The van der Waals surface area contributed by atoms with Crippen LogP contribution in [0, 0.1) is 0 Å². The van der Waals surface area contributed by atoms with Gasteiger partial charge >= 0.3 is 0 Å². The van der Waals surface area contributed by atoms with Crippen molar-refractivity contribution in [1.82, 2.24) is 0 Å². The Bertz CT molecular complexity index is 303. The molecule has 0 aliphatic carbocycles. The van der Waals surface area contributed by atoms with E-state index in [1.165, 1.54) is 4.90 Å². The highest BCUT2D eigenvalue weighted by molar-refractivity contribution is 7.99. The first kappa shape index (κ1) is 9.81. The molecule has 0 aromatic heterocycles. The Morgan fingerprint density at radius 2 is 2.14 bits per heavy atom. The molecule has 1 aromatic rings. The minimum atomic E-state index is 0.0995. The van der Waals surface area contributed by atoms with Crippen LogP contribution in [-0.2, 0) is 4.74 Å². The van der Waals surface area contributed by atoms with Crippen LogP contribution in [0.25, 0.3) is 0 Å². The lowest BCUT2D eigenvalue weighted by Crippen LogP contribution is -2.12. The molecule has 0 spiro atoms. The number of epoxide rings is 1. The molecule has 1 aliphatic heterocycles. The minimum Gasteiger partial charge on any atom is -0.368 e. The van der Waals surface area contributed by atoms with E-state index in [2.05, 4.69) is 30.8 Å². The Morgan fingerprint density at radius 1 is 1.43 bits per heavy atom. The van der Waals surface area contributed by atoms with Gasteiger partial charge in [0.25, 0.3) is 0 Å². The second-order valence-corrected chi connectivity index (χ2v) is 4.61. The van der Waals surface area contributed by atoms with Crippen molar-refractivity contribution in [2.45, 2.75) is 16.9 Å². The summed E-state index contributed by atoms with van der Waals surface area (Å²) in [4.78, 5) is 1.31. The van der Waals surface area contributed by atoms with Gasteiger partial charge in [-0.05, 0) is 18.6 Å². The summed E-state index contributed by atoms with van der Waals surface area (Å²) in [7, 11) is 0. The average molecular weight is 206 g/mol.